The van der Waals surface area contributed by atoms with Gasteiger partial charge >= 0.3 is 5.97 Å². The number of hydrogen-bond donors (Lipinski definition) is 4. The minimum atomic E-state index is -1.49. The summed E-state index contributed by atoms with van der Waals surface area (Å²) >= 11 is 0. The highest BCUT2D eigenvalue weighted by Crippen LogP contribution is 2.65. The first-order valence-corrected chi connectivity index (χ1v) is 14.0. The summed E-state index contributed by atoms with van der Waals surface area (Å²) in [6.07, 6.45) is 8.86. The Kier molecular flexibility index (Phi) is 7.40. The van der Waals surface area contributed by atoms with E-state index in [9.17, 15) is 24.9 Å². The molecule has 0 bridgehead atoms. The predicted molar refractivity (Wildman–Crippen MR) is 142 cm³/mol. The second kappa shape index (κ2) is 10.5. The number of rotatable bonds is 7. The Morgan fingerprint density at radius 1 is 1.08 bits per heavy atom. The highest BCUT2D eigenvalue weighted by atomic mass is 16.6. The number of nitrogens with zero attached hydrogens (tertiary/aromatic N) is 1. The lowest BCUT2D eigenvalue weighted by atomic mass is 9.47. The quantitative estimate of drug-likeness (QED) is 0.400. The Balaban J connectivity index is 1.19. The van der Waals surface area contributed by atoms with Crippen LogP contribution in [0.15, 0.2) is 47.1 Å². The number of aliphatic carboxylic acids is 1. The summed E-state index contributed by atoms with van der Waals surface area (Å²) in [7, 11) is 0. The molecule has 4 aliphatic carbocycles. The van der Waals surface area contributed by atoms with Crippen LogP contribution in [0.1, 0.15) is 76.9 Å². The van der Waals surface area contributed by atoms with Crippen LogP contribution in [0.2, 0.25) is 0 Å². The molecule has 1 amide bonds. The summed E-state index contributed by atoms with van der Waals surface area (Å²) in [4.78, 5) is 29.4. The average molecular weight is 525 g/mol. The van der Waals surface area contributed by atoms with Crippen LogP contribution in [0.4, 0.5) is 0 Å². The molecule has 0 aliphatic heterocycles. The smallest absolute Gasteiger partial charge is 0.329 e. The molecule has 0 saturated heterocycles. The standard InChI is InChI=1S/C30H40N2O6/c1-29-14-12-20(16-19(29)8-9-21-22-10-11-24(33)30(22,2)15-13-23(21)29)32-38-17-25(34)31-26(28(36)37)27(35)18-6-4-3-5-7-18/h3-7,16,21-24,26-27,33,35H,8-15,17H2,1-2H3,(H,31,34)(H,36,37)/b32-20-/t21-,22-,23-,24+,26-,27+,29-,30-/m0/s1. The number of allylic oxidation sites excluding steroid dienone is 2. The molecule has 8 nitrogen and oxygen atoms in total. The molecule has 3 saturated carbocycles. The van der Waals surface area contributed by atoms with Crippen molar-refractivity contribution in [2.24, 2.45) is 33.7 Å². The summed E-state index contributed by atoms with van der Waals surface area (Å²) in [5.74, 6) is -0.0813. The number of amides is 1. The molecule has 1 aromatic carbocycles. The topological polar surface area (TPSA) is 128 Å². The van der Waals surface area contributed by atoms with Gasteiger partial charge in [0.25, 0.3) is 5.91 Å². The Morgan fingerprint density at radius 2 is 1.84 bits per heavy atom. The molecule has 0 radical (unpaired) electrons. The predicted octanol–water partition coefficient (Wildman–Crippen LogP) is 3.99. The van der Waals surface area contributed by atoms with Gasteiger partial charge in [0, 0.05) is 0 Å². The number of hydrogen-bond acceptors (Lipinski definition) is 6. The van der Waals surface area contributed by atoms with Crippen molar-refractivity contribution < 1.29 is 29.7 Å². The van der Waals surface area contributed by atoms with Gasteiger partial charge in [-0.1, -0.05) is 54.9 Å². The van der Waals surface area contributed by atoms with E-state index in [2.05, 4.69) is 30.4 Å². The zero-order chi connectivity index (χ0) is 27.1. The Labute approximate surface area is 224 Å². The average Bonchev–Trinajstić information content (AvgIpc) is 3.21. The van der Waals surface area contributed by atoms with E-state index < -0.39 is 30.6 Å². The lowest BCUT2D eigenvalue weighted by Gasteiger charge is -2.57. The van der Waals surface area contributed by atoms with Crippen LogP contribution in [-0.4, -0.2) is 51.7 Å². The number of aliphatic hydroxyl groups is 2. The Bertz CT molecular complexity index is 1120. The van der Waals surface area contributed by atoms with Crippen molar-refractivity contribution in [2.45, 2.75) is 83.5 Å². The molecule has 1 aromatic rings. The van der Waals surface area contributed by atoms with Crippen molar-refractivity contribution in [3.8, 4) is 0 Å². The number of aliphatic hydroxyl groups excluding tert-OH is 2. The maximum absolute atomic E-state index is 12.4. The molecule has 4 N–H and O–H groups in total. The lowest BCUT2D eigenvalue weighted by molar-refractivity contribution is -0.146. The zero-order valence-corrected chi connectivity index (χ0v) is 22.3. The number of carboxylic acids is 1. The van der Waals surface area contributed by atoms with Gasteiger partial charge in [0.2, 0.25) is 0 Å². The van der Waals surface area contributed by atoms with Gasteiger partial charge in [-0.05, 0) is 91.6 Å². The van der Waals surface area contributed by atoms with Crippen LogP contribution in [-0.2, 0) is 14.4 Å². The second-order valence-corrected chi connectivity index (χ2v) is 12.2. The van der Waals surface area contributed by atoms with Gasteiger partial charge in [0.1, 0.15) is 6.10 Å². The van der Waals surface area contributed by atoms with Gasteiger partial charge < -0.3 is 25.5 Å². The van der Waals surface area contributed by atoms with Crippen LogP contribution < -0.4 is 5.32 Å². The van der Waals surface area contributed by atoms with E-state index in [1.54, 1.807) is 30.3 Å². The van der Waals surface area contributed by atoms with E-state index in [-0.39, 0.29) is 16.9 Å². The van der Waals surface area contributed by atoms with Crippen LogP contribution in [0.5, 0.6) is 0 Å². The number of carbonyl (C=O) groups is 2. The van der Waals surface area contributed by atoms with Crippen LogP contribution in [0.25, 0.3) is 0 Å². The molecule has 4 aliphatic rings. The first kappa shape index (κ1) is 26.9. The third kappa shape index (κ3) is 4.77. The molecule has 3 fully saturated rings. The zero-order valence-electron chi connectivity index (χ0n) is 22.3. The van der Waals surface area contributed by atoms with E-state index in [1.807, 2.05) is 0 Å². The van der Waals surface area contributed by atoms with Gasteiger partial charge in [0.15, 0.2) is 12.6 Å². The van der Waals surface area contributed by atoms with E-state index in [0.717, 1.165) is 57.1 Å². The molecular formula is C30H40N2O6. The van der Waals surface area contributed by atoms with E-state index in [4.69, 9.17) is 4.84 Å². The van der Waals surface area contributed by atoms with Crippen molar-refractivity contribution in [2.75, 3.05) is 6.61 Å². The molecule has 5 rings (SSSR count). The molecule has 8 heteroatoms. The Hall–Kier alpha value is -2.71. The molecule has 0 aromatic heterocycles. The minimum Gasteiger partial charge on any atom is -0.480 e. The second-order valence-electron chi connectivity index (χ2n) is 12.2. The lowest BCUT2D eigenvalue weighted by Crippen LogP contribution is -2.51. The number of carboxylic acid groups (broad SMARTS) is 1. The normalized spacial score (nSPS) is 36.7. The molecule has 0 spiro atoms. The fourth-order valence-electron chi connectivity index (χ4n) is 8.12. The van der Waals surface area contributed by atoms with Crippen LogP contribution in [0, 0.1) is 28.6 Å². The van der Waals surface area contributed by atoms with Crippen LogP contribution >= 0.6 is 0 Å². The first-order valence-electron chi connectivity index (χ1n) is 14.0. The maximum Gasteiger partial charge on any atom is 0.329 e. The van der Waals surface area contributed by atoms with Crippen molar-refractivity contribution >= 4 is 17.6 Å². The van der Waals surface area contributed by atoms with Gasteiger partial charge in [-0.2, -0.15) is 0 Å². The largest absolute Gasteiger partial charge is 0.480 e. The van der Waals surface area contributed by atoms with Crippen molar-refractivity contribution in [1.29, 1.82) is 0 Å². The van der Waals surface area contributed by atoms with Gasteiger partial charge in [-0.3, -0.25) is 4.79 Å². The van der Waals surface area contributed by atoms with Gasteiger partial charge in [-0.15, -0.1) is 0 Å². The van der Waals surface area contributed by atoms with Gasteiger partial charge in [0.05, 0.1) is 11.8 Å². The number of benzene rings is 1. The maximum atomic E-state index is 12.4. The van der Waals surface area contributed by atoms with E-state index in [0.29, 0.717) is 23.3 Å². The molecule has 206 valence electrons. The highest BCUT2D eigenvalue weighted by Gasteiger charge is 2.58. The van der Waals surface area contributed by atoms with Crippen molar-refractivity contribution in [3.05, 3.63) is 47.5 Å². The highest BCUT2D eigenvalue weighted by molar-refractivity contribution is 5.96. The number of fused-ring (bicyclic) bond motifs is 5. The summed E-state index contributed by atoms with van der Waals surface area (Å²) in [5, 5.41) is 37.2. The third-order valence-electron chi connectivity index (χ3n) is 10.3. The monoisotopic (exact) mass is 524 g/mol. The summed E-state index contributed by atoms with van der Waals surface area (Å²) in [6, 6.07) is 6.87. The molecule has 8 atom stereocenters. The molecule has 0 unspecified atom stereocenters. The molecule has 0 heterocycles. The third-order valence-corrected chi connectivity index (χ3v) is 10.3. The van der Waals surface area contributed by atoms with Crippen LogP contribution in [0.3, 0.4) is 0 Å². The van der Waals surface area contributed by atoms with E-state index >= 15 is 0 Å². The first-order chi connectivity index (χ1) is 18.1. The molecule has 38 heavy (non-hydrogen) atoms. The van der Waals surface area contributed by atoms with Gasteiger partial charge in [-0.25, -0.2) is 4.79 Å². The summed E-state index contributed by atoms with van der Waals surface area (Å²) in [6.45, 7) is 4.28. The fourth-order valence-corrected chi connectivity index (χ4v) is 8.12. The van der Waals surface area contributed by atoms with Crippen molar-refractivity contribution in [3.63, 3.8) is 0 Å². The summed E-state index contributed by atoms with van der Waals surface area (Å²) < 4.78 is 0. The summed E-state index contributed by atoms with van der Waals surface area (Å²) in [5.41, 5.74) is 2.83. The minimum absolute atomic E-state index is 0.0746. The number of oxime groups is 1. The van der Waals surface area contributed by atoms with Crippen molar-refractivity contribution in [1.82, 2.24) is 5.32 Å². The SMILES string of the molecule is C[C@]12CC[C@H]3[C@@H](CCC4=C/C(=N\OCC(=O)N[C@H](C(=O)O)[C@H](O)c5ccccc5)CC[C@@]43C)[C@@H]1CC[C@H]2O. The molecular weight excluding hydrogens is 484 g/mol. The van der Waals surface area contributed by atoms with E-state index in [1.165, 1.54) is 5.57 Å². The Morgan fingerprint density at radius 3 is 2.58 bits per heavy atom. The number of carbonyl (C=O) groups excluding carboxylic acids is 1. The fraction of sp³-hybridized carbons (Fsp3) is 0.633. The number of nitrogens with one attached hydrogen (secondary N) is 1.